The maximum absolute atomic E-state index is 10.7. The van der Waals surface area contributed by atoms with Crippen LogP contribution in [-0.2, 0) is 4.79 Å². The third-order valence-corrected chi connectivity index (χ3v) is 2.46. The highest BCUT2D eigenvalue weighted by atomic mass is 16.3. The molecule has 2 N–H and O–H groups in total. The molecule has 3 heteroatoms. The third kappa shape index (κ3) is 2.48. The summed E-state index contributed by atoms with van der Waals surface area (Å²) in [6.07, 6.45) is 2.44. The standard InChI is InChI=1S/C9H17NO2/c1-6-3-4-9(12)8(5-6)10-7(2)11/h6,8-9,12H,3-5H2,1-2H3,(H,10,11). The minimum atomic E-state index is -0.343. The van der Waals surface area contributed by atoms with Crippen LogP contribution in [0, 0.1) is 5.92 Å². The van der Waals surface area contributed by atoms with E-state index < -0.39 is 0 Å². The zero-order chi connectivity index (χ0) is 9.14. The third-order valence-electron chi connectivity index (χ3n) is 2.46. The molecule has 3 atom stereocenters. The summed E-state index contributed by atoms with van der Waals surface area (Å²) in [6.45, 7) is 3.65. The van der Waals surface area contributed by atoms with Gasteiger partial charge >= 0.3 is 0 Å². The number of aliphatic hydroxyl groups excluding tert-OH is 1. The average molecular weight is 171 g/mol. The Balaban J connectivity index is 2.43. The van der Waals surface area contributed by atoms with E-state index in [1.165, 1.54) is 6.92 Å². The molecule has 1 saturated carbocycles. The van der Waals surface area contributed by atoms with Gasteiger partial charge in [-0.3, -0.25) is 4.79 Å². The van der Waals surface area contributed by atoms with Gasteiger partial charge in [-0.15, -0.1) is 0 Å². The van der Waals surface area contributed by atoms with Crippen LogP contribution in [0.3, 0.4) is 0 Å². The zero-order valence-corrected chi connectivity index (χ0v) is 7.71. The van der Waals surface area contributed by atoms with Crippen LogP contribution in [0.15, 0.2) is 0 Å². The van der Waals surface area contributed by atoms with Crippen LogP contribution in [0.5, 0.6) is 0 Å². The average Bonchev–Trinajstić information content (AvgIpc) is 1.96. The molecule has 0 aromatic heterocycles. The van der Waals surface area contributed by atoms with Crippen molar-refractivity contribution in [2.24, 2.45) is 5.92 Å². The lowest BCUT2D eigenvalue weighted by Crippen LogP contribution is -2.45. The highest BCUT2D eigenvalue weighted by Crippen LogP contribution is 2.23. The van der Waals surface area contributed by atoms with E-state index in [0.717, 1.165) is 19.3 Å². The van der Waals surface area contributed by atoms with Gasteiger partial charge in [0.25, 0.3) is 0 Å². The van der Waals surface area contributed by atoms with E-state index in [4.69, 9.17) is 0 Å². The second-order valence-electron chi connectivity index (χ2n) is 3.79. The number of aliphatic hydroxyl groups is 1. The Labute approximate surface area is 73.2 Å². The Morgan fingerprint density at radius 1 is 1.50 bits per heavy atom. The van der Waals surface area contributed by atoms with Crippen molar-refractivity contribution in [3.05, 3.63) is 0 Å². The van der Waals surface area contributed by atoms with Gasteiger partial charge in [-0.05, 0) is 25.2 Å². The Morgan fingerprint density at radius 3 is 2.75 bits per heavy atom. The molecular formula is C9H17NO2. The predicted molar refractivity (Wildman–Crippen MR) is 46.6 cm³/mol. The smallest absolute Gasteiger partial charge is 0.217 e. The van der Waals surface area contributed by atoms with Crippen LogP contribution in [0.4, 0.5) is 0 Å². The normalized spacial score (nSPS) is 36.1. The van der Waals surface area contributed by atoms with Crippen molar-refractivity contribution in [2.75, 3.05) is 0 Å². The topological polar surface area (TPSA) is 49.3 Å². The molecule has 0 heterocycles. The predicted octanol–water partition coefficient (Wildman–Crippen LogP) is 0.672. The van der Waals surface area contributed by atoms with Crippen LogP contribution in [0.25, 0.3) is 0 Å². The molecule has 1 aliphatic rings. The van der Waals surface area contributed by atoms with E-state index in [1.807, 2.05) is 0 Å². The summed E-state index contributed by atoms with van der Waals surface area (Å²) >= 11 is 0. The van der Waals surface area contributed by atoms with Crippen molar-refractivity contribution < 1.29 is 9.90 Å². The Morgan fingerprint density at radius 2 is 2.17 bits per heavy atom. The van der Waals surface area contributed by atoms with Crippen molar-refractivity contribution in [3.63, 3.8) is 0 Å². The summed E-state index contributed by atoms with van der Waals surface area (Å²) in [5.41, 5.74) is 0. The monoisotopic (exact) mass is 171 g/mol. The summed E-state index contributed by atoms with van der Waals surface area (Å²) in [5, 5.41) is 12.3. The molecule has 1 rings (SSSR count). The molecule has 3 unspecified atom stereocenters. The highest BCUT2D eigenvalue weighted by Gasteiger charge is 2.27. The fourth-order valence-electron chi connectivity index (χ4n) is 1.78. The Kier molecular flexibility index (Phi) is 3.09. The molecule has 0 aromatic carbocycles. The maximum atomic E-state index is 10.7. The number of hydrogen-bond donors (Lipinski definition) is 2. The van der Waals surface area contributed by atoms with Gasteiger partial charge in [0.15, 0.2) is 0 Å². The van der Waals surface area contributed by atoms with E-state index in [0.29, 0.717) is 5.92 Å². The first-order valence-corrected chi connectivity index (χ1v) is 4.54. The molecule has 1 fully saturated rings. The molecule has 1 aliphatic carbocycles. The van der Waals surface area contributed by atoms with Gasteiger partial charge < -0.3 is 10.4 Å². The molecule has 0 bridgehead atoms. The summed E-state index contributed by atoms with van der Waals surface area (Å²) in [6, 6.07) is -0.0220. The molecule has 0 radical (unpaired) electrons. The molecule has 0 saturated heterocycles. The number of rotatable bonds is 1. The highest BCUT2D eigenvalue weighted by molar-refractivity contribution is 5.73. The number of nitrogens with one attached hydrogen (secondary N) is 1. The van der Waals surface area contributed by atoms with Gasteiger partial charge in [-0.25, -0.2) is 0 Å². The first-order valence-electron chi connectivity index (χ1n) is 4.54. The molecule has 1 amide bonds. The quantitative estimate of drug-likeness (QED) is 0.609. The van der Waals surface area contributed by atoms with Crippen molar-refractivity contribution in [1.82, 2.24) is 5.32 Å². The largest absolute Gasteiger partial charge is 0.391 e. The molecule has 0 aromatic rings. The minimum absolute atomic E-state index is 0.0220. The second-order valence-corrected chi connectivity index (χ2v) is 3.79. The fourth-order valence-corrected chi connectivity index (χ4v) is 1.78. The molecule has 70 valence electrons. The van der Waals surface area contributed by atoms with Crippen molar-refractivity contribution in [2.45, 2.75) is 45.3 Å². The van der Waals surface area contributed by atoms with Gasteiger partial charge in [0, 0.05) is 6.92 Å². The van der Waals surface area contributed by atoms with Crippen molar-refractivity contribution in [3.8, 4) is 0 Å². The number of carbonyl (C=O) groups excluding carboxylic acids is 1. The van der Waals surface area contributed by atoms with E-state index in [-0.39, 0.29) is 18.1 Å². The fraction of sp³-hybridized carbons (Fsp3) is 0.889. The first-order chi connectivity index (χ1) is 5.59. The molecule has 0 aliphatic heterocycles. The van der Waals surface area contributed by atoms with Crippen LogP contribution in [0.2, 0.25) is 0 Å². The molecular weight excluding hydrogens is 154 g/mol. The number of amides is 1. The van der Waals surface area contributed by atoms with Crippen molar-refractivity contribution in [1.29, 1.82) is 0 Å². The number of hydrogen-bond acceptors (Lipinski definition) is 2. The van der Waals surface area contributed by atoms with E-state index >= 15 is 0 Å². The molecule has 0 spiro atoms. The lowest BCUT2D eigenvalue weighted by atomic mass is 9.85. The van der Waals surface area contributed by atoms with Gasteiger partial charge in [0.2, 0.25) is 5.91 Å². The maximum Gasteiger partial charge on any atom is 0.217 e. The van der Waals surface area contributed by atoms with E-state index in [1.54, 1.807) is 0 Å². The summed E-state index contributed by atoms with van der Waals surface area (Å²) in [5.74, 6) is 0.568. The number of carbonyl (C=O) groups is 1. The van der Waals surface area contributed by atoms with Crippen LogP contribution < -0.4 is 5.32 Å². The van der Waals surface area contributed by atoms with Gasteiger partial charge in [-0.2, -0.15) is 0 Å². The van der Waals surface area contributed by atoms with Crippen molar-refractivity contribution >= 4 is 5.91 Å². The van der Waals surface area contributed by atoms with Gasteiger partial charge in [0.1, 0.15) is 0 Å². The molecule has 12 heavy (non-hydrogen) atoms. The Bertz CT molecular complexity index is 170. The molecule has 3 nitrogen and oxygen atoms in total. The second kappa shape index (κ2) is 3.90. The first kappa shape index (κ1) is 9.52. The summed E-state index contributed by atoms with van der Waals surface area (Å²) < 4.78 is 0. The lowest BCUT2D eigenvalue weighted by Gasteiger charge is -2.31. The summed E-state index contributed by atoms with van der Waals surface area (Å²) in [7, 11) is 0. The lowest BCUT2D eigenvalue weighted by molar-refractivity contribution is -0.121. The SMILES string of the molecule is CC(=O)NC1CC(C)CCC1O. The summed E-state index contributed by atoms with van der Waals surface area (Å²) in [4.78, 5) is 10.7. The van der Waals surface area contributed by atoms with E-state index in [2.05, 4.69) is 12.2 Å². The van der Waals surface area contributed by atoms with Gasteiger partial charge in [0.05, 0.1) is 12.1 Å². The van der Waals surface area contributed by atoms with Crippen LogP contribution in [-0.4, -0.2) is 23.2 Å². The Hall–Kier alpha value is -0.570. The van der Waals surface area contributed by atoms with Gasteiger partial charge in [-0.1, -0.05) is 6.92 Å². The minimum Gasteiger partial charge on any atom is -0.391 e. The van der Waals surface area contributed by atoms with E-state index in [9.17, 15) is 9.90 Å². The van der Waals surface area contributed by atoms with Crippen LogP contribution in [0.1, 0.15) is 33.1 Å². The zero-order valence-electron chi connectivity index (χ0n) is 7.71. The van der Waals surface area contributed by atoms with Crippen LogP contribution >= 0.6 is 0 Å².